The normalized spacial score (nSPS) is 20.5. The molecule has 0 radical (unpaired) electrons. The molecule has 1 heteroatoms. The van der Waals surface area contributed by atoms with Gasteiger partial charge in [-0.1, -0.05) is 19.1 Å². The van der Waals surface area contributed by atoms with E-state index >= 15 is 0 Å². The molecule has 70 valence electrons. The number of hydrogen-bond acceptors (Lipinski definition) is 1. The third-order valence-electron chi connectivity index (χ3n) is 3.22. The molecule has 1 atom stereocenters. The van der Waals surface area contributed by atoms with Crippen molar-refractivity contribution in [3.8, 4) is 0 Å². The van der Waals surface area contributed by atoms with E-state index in [2.05, 4.69) is 44.0 Å². The van der Waals surface area contributed by atoms with Crippen molar-refractivity contribution in [1.82, 2.24) is 0 Å². The third kappa shape index (κ3) is 1.23. The highest BCUT2D eigenvalue weighted by atomic mass is 15.2. The van der Waals surface area contributed by atoms with Crippen molar-refractivity contribution in [2.75, 3.05) is 11.9 Å². The van der Waals surface area contributed by atoms with Crippen LogP contribution in [0.15, 0.2) is 18.2 Å². The Kier molecular flexibility index (Phi) is 2.03. The van der Waals surface area contributed by atoms with Crippen LogP contribution in [0.1, 0.15) is 24.5 Å². The van der Waals surface area contributed by atoms with Gasteiger partial charge in [0.15, 0.2) is 0 Å². The lowest BCUT2D eigenvalue weighted by Gasteiger charge is -2.20. The molecule has 0 amide bonds. The standard InChI is InChI=1S/C12H17N/c1-4-10-8-11-9(2)6-5-7-12(11)13(10)3/h5-7,10H,4,8H2,1-3H3. The van der Waals surface area contributed by atoms with E-state index in [4.69, 9.17) is 0 Å². The highest BCUT2D eigenvalue weighted by molar-refractivity contribution is 5.61. The van der Waals surface area contributed by atoms with Crippen molar-refractivity contribution >= 4 is 5.69 Å². The van der Waals surface area contributed by atoms with Crippen molar-refractivity contribution < 1.29 is 0 Å². The van der Waals surface area contributed by atoms with E-state index in [-0.39, 0.29) is 0 Å². The molecule has 1 aliphatic heterocycles. The first kappa shape index (κ1) is 8.61. The monoisotopic (exact) mass is 175 g/mol. The molecule has 1 heterocycles. The van der Waals surface area contributed by atoms with Gasteiger partial charge in [0.2, 0.25) is 0 Å². The highest BCUT2D eigenvalue weighted by Gasteiger charge is 2.25. The van der Waals surface area contributed by atoms with Gasteiger partial charge in [0.1, 0.15) is 0 Å². The van der Waals surface area contributed by atoms with E-state index in [9.17, 15) is 0 Å². The van der Waals surface area contributed by atoms with Gasteiger partial charge in [-0.25, -0.2) is 0 Å². The summed E-state index contributed by atoms with van der Waals surface area (Å²) in [6.45, 7) is 4.48. The largest absolute Gasteiger partial charge is 0.371 e. The van der Waals surface area contributed by atoms with Crippen LogP contribution in [0.5, 0.6) is 0 Å². The molecule has 0 bridgehead atoms. The van der Waals surface area contributed by atoms with E-state index in [0.717, 1.165) is 6.04 Å². The SMILES string of the molecule is CCC1Cc2c(C)cccc2N1C. The Hall–Kier alpha value is -0.980. The summed E-state index contributed by atoms with van der Waals surface area (Å²) >= 11 is 0. The minimum Gasteiger partial charge on any atom is -0.371 e. The summed E-state index contributed by atoms with van der Waals surface area (Å²) in [4.78, 5) is 2.42. The van der Waals surface area contributed by atoms with Gasteiger partial charge >= 0.3 is 0 Å². The van der Waals surface area contributed by atoms with Gasteiger partial charge in [-0.3, -0.25) is 0 Å². The second-order valence-electron chi connectivity index (χ2n) is 3.95. The maximum Gasteiger partial charge on any atom is 0.0402 e. The Labute approximate surface area is 80.4 Å². The molecule has 1 aliphatic rings. The second kappa shape index (κ2) is 3.06. The van der Waals surface area contributed by atoms with Crippen LogP contribution in [0.2, 0.25) is 0 Å². The van der Waals surface area contributed by atoms with Crippen LogP contribution in [0.25, 0.3) is 0 Å². The minimum atomic E-state index is 0.719. The van der Waals surface area contributed by atoms with Crippen molar-refractivity contribution in [3.63, 3.8) is 0 Å². The number of fused-ring (bicyclic) bond motifs is 1. The van der Waals surface area contributed by atoms with Crippen LogP contribution in [-0.2, 0) is 6.42 Å². The van der Waals surface area contributed by atoms with E-state index in [0.29, 0.717) is 0 Å². The predicted octanol–water partition coefficient (Wildman–Crippen LogP) is 2.77. The number of likely N-dealkylation sites (N-methyl/N-ethyl adjacent to an activating group) is 1. The molecule has 0 N–H and O–H groups in total. The molecule has 0 aromatic heterocycles. The molecule has 2 rings (SSSR count). The lowest BCUT2D eigenvalue weighted by molar-refractivity contribution is 0.643. The number of aryl methyl sites for hydroxylation is 1. The van der Waals surface area contributed by atoms with Crippen LogP contribution in [-0.4, -0.2) is 13.1 Å². The van der Waals surface area contributed by atoms with Gasteiger partial charge < -0.3 is 4.90 Å². The summed E-state index contributed by atoms with van der Waals surface area (Å²) < 4.78 is 0. The summed E-state index contributed by atoms with van der Waals surface area (Å²) in [6.07, 6.45) is 2.47. The van der Waals surface area contributed by atoms with Gasteiger partial charge in [0.25, 0.3) is 0 Å². The molecular weight excluding hydrogens is 158 g/mol. The fraction of sp³-hybridized carbons (Fsp3) is 0.500. The summed E-state index contributed by atoms with van der Waals surface area (Å²) in [5, 5.41) is 0. The topological polar surface area (TPSA) is 3.24 Å². The number of anilines is 1. The lowest BCUT2D eigenvalue weighted by Crippen LogP contribution is -2.26. The predicted molar refractivity (Wildman–Crippen MR) is 57.4 cm³/mol. The van der Waals surface area contributed by atoms with E-state index in [1.165, 1.54) is 24.1 Å². The molecule has 1 unspecified atom stereocenters. The molecule has 0 aliphatic carbocycles. The van der Waals surface area contributed by atoms with Gasteiger partial charge in [0.05, 0.1) is 0 Å². The first-order chi connectivity index (χ1) is 6.24. The van der Waals surface area contributed by atoms with Crippen molar-refractivity contribution in [2.24, 2.45) is 0 Å². The zero-order valence-electron chi connectivity index (χ0n) is 8.67. The first-order valence-corrected chi connectivity index (χ1v) is 5.05. The molecular formula is C12H17N. The molecule has 1 aromatic rings. The number of rotatable bonds is 1. The summed E-state index contributed by atoms with van der Waals surface area (Å²) in [6, 6.07) is 7.32. The molecule has 1 nitrogen and oxygen atoms in total. The molecule has 0 saturated heterocycles. The van der Waals surface area contributed by atoms with E-state index in [1.807, 2.05) is 0 Å². The van der Waals surface area contributed by atoms with E-state index < -0.39 is 0 Å². The van der Waals surface area contributed by atoms with Crippen molar-refractivity contribution in [3.05, 3.63) is 29.3 Å². The highest BCUT2D eigenvalue weighted by Crippen LogP contribution is 2.33. The van der Waals surface area contributed by atoms with Crippen molar-refractivity contribution in [1.29, 1.82) is 0 Å². The van der Waals surface area contributed by atoms with Crippen molar-refractivity contribution in [2.45, 2.75) is 32.7 Å². The Balaban J connectivity index is 2.43. The summed E-state index contributed by atoms with van der Waals surface area (Å²) in [7, 11) is 2.21. The zero-order valence-corrected chi connectivity index (χ0v) is 8.67. The third-order valence-corrected chi connectivity index (χ3v) is 3.22. The Morgan fingerprint density at radius 3 is 2.85 bits per heavy atom. The minimum absolute atomic E-state index is 0.719. The Morgan fingerprint density at radius 1 is 1.46 bits per heavy atom. The van der Waals surface area contributed by atoms with Crippen LogP contribution in [0.4, 0.5) is 5.69 Å². The Morgan fingerprint density at radius 2 is 2.23 bits per heavy atom. The molecule has 0 fully saturated rings. The fourth-order valence-electron chi connectivity index (χ4n) is 2.27. The Bertz CT molecular complexity index is 317. The summed E-state index contributed by atoms with van der Waals surface area (Å²) in [5.74, 6) is 0. The number of hydrogen-bond donors (Lipinski definition) is 0. The van der Waals surface area contributed by atoms with E-state index in [1.54, 1.807) is 5.56 Å². The van der Waals surface area contributed by atoms with Gasteiger partial charge in [-0.2, -0.15) is 0 Å². The average Bonchev–Trinajstić information content (AvgIpc) is 2.45. The summed E-state index contributed by atoms with van der Waals surface area (Å²) in [5.41, 5.74) is 4.43. The van der Waals surface area contributed by atoms with Crippen LogP contribution >= 0.6 is 0 Å². The zero-order chi connectivity index (χ0) is 9.42. The van der Waals surface area contributed by atoms with Gasteiger partial charge in [0, 0.05) is 18.8 Å². The maximum atomic E-state index is 2.42. The van der Waals surface area contributed by atoms with Gasteiger partial charge in [-0.15, -0.1) is 0 Å². The molecule has 1 aromatic carbocycles. The van der Waals surface area contributed by atoms with Gasteiger partial charge in [-0.05, 0) is 37.0 Å². The number of benzene rings is 1. The second-order valence-corrected chi connectivity index (χ2v) is 3.95. The molecule has 0 saturated carbocycles. The smallest absolute Gasteiger partial charge is 0.0402 e. The molecule has 13 heavy (non-hydrogen) atoms. The van der Waals surface area contributed by atoms with Crippen LogP contribution in [0.3, 0.4) is 0 Å². The average molecular weight is 175 g/mol. The maximum absolute atomic E-state index is 2.42. The fourth-order valence-corrected chi connectivity index (χ4v) is 2.27. The number of nitrogens with zero attached hydrogens (tertiary/aromatic N) is 1. The van der Waals surface area contributed by atoms with Crippen LogP contribution in [0, 0.1) is 6.92 Å². The molecule has 0 spiro atoms. The lowest BCUT2D eigenvalue weighted by atomic mass is 10.0. The quantitative estimate of drug-likeness (QED) is 0.634. The van der Waals surface area contributed by atoms with Crippen LogP contribution < -0.4 is 4.90 Å². The first-order valence-electron chi connectivity index (χ1n) is 5.05.